The monoisotopic (exact) mass is 388 g/mol. The minimum atomic E-state index is -3.77. The molecule has 7 heteroatoms. The molecule has 2 aromatic rings. The van der Waals surface area contributed by atoms with E-state index < -0.39 is 10.0 Å². The Balaban J connectivity index is 1.70. The van der Waals surface area contributed by atoms with Gasteiger partial charge in [0.15, 0.2) is 0 Å². The number of sulfonamides is 1. The van der Waals surface area contributed by atoms with Crippen LogP contribution in [0.1, 0.15) is 36.4 Å². The molecular weight excluding hydrogens is 364 g/mol. The Morgan fingerprint density at radius 3 is 2.48 bits per heavy atom. The Morgan fingerprint density at radius 2 is 1.89 bits per heavy atom. The van der Waals surface area contributed by atoms with Gasteiger partial charge in [-0.15, -0.1) is 0 Å². The van der Waals surface area contributed by atoms with E-state index in [2.05, 4.69) is 0 Å². The molecule has 144 valence electrons. The molecule has 0 saturated heterocycles. The van der Waals surface area contributed by atoms with Crippen molar-refractivity contribution in [3.05, 3.63) is 59.7 Å². The van der Waals surface area contributed by atoms with Gasteiger partial charge < -0.3 is 9.64 Å². The lowest BCUT2D eigenvalue weighted by atomic mass is 10.1. The number of ether oxygens (including phenoxy) is 1. The van der Waals surface area contributed by atoms with Crippen molar-refractivity contribution in [2.45, 2.75) is 30.2 Å². The van der Waals surface area contributed by atoms with Gasteiger partial charge in [-0.25, -0.2) is 13.6 Å². The van der Waals surface area contributed by atoms with Gasteiger partial charge in [-0.1, -0.05) is 24.3 Å². The molecule has 0 aromatic heterocycles. The lowest BCUT2D eigenvalue weighted by molar-refractivity contribution is -0.133. The molecule has 1 amide bonds. The molecule has 27 heavy (non-hydrogen) atoms. The van der Waals surface area contributed by atoms with E-state index in [-0.39, 0.29) is 28.7 Å². The van der Waals surface area contributed by atoms with Crippen LogP contribution >= 0.6 is 0 Å². The summed E-state index contributed by atoms with van der Waals surface area (Å²) in [5.74, 6) is 1.02. The van der Waals surface area contributed by atoms with Crippen LogP contribution in [0.4, 0.5) is 0 Å². The van der Waals surface area contributed by atoms with Crippen LogP contribution in [0, 0.1) is 5.92 Å². The van der Waals surface area contributed by atoms with Crippen LogP contribution in [-0.4, -0.2) is 33.4 Å². The average molecular weight is 388 g/mol. The van der Waals surface area contributed by atoms with Crippen molar-refractivity contribution in [3.8, 4) is 5.75 Å². The van der Waals surface area contributed by atoms with Gasteiger partial charge >= 0.3 is 0 Å². The highest BCUT2D eigenvalue weighted by Gasteiger charge is 2.45. The minimum Gasteiger partial charge on any atom is -0.497 e. The predicted octanol–water partition coefficient (Wildman–Crippen LogP) is 2.67. The number of carbonyl (C=O) groups excluding carboxylic acids is 1. The molecule has 3 unspecified atom stereocenters. The fourth-order valence-electron chi connectivity index (χ4n) is 3.31. The summed E-state index contributed by atoms with van der Waals surface area (Å²) in [5, 5.41) is 5.21. The maximum atomic E-state index is 12.9. The number of primary sulfonamides is 1. The Hall–Kier alpha value is -2.38. The van der Waals surface area contributed by atoms with Crippen LogP contribution in [0.5, 0.6) is 5.75 Å². The van der Waals surface area contributed by atoms with E-state index in [0.717, 1.165) is 23.3 Å². The molecule has 3 atom stereocenters. The molecule has 1 aliphatic rings. The molecule has 1 saturated carbocycles. The molecule has 1 aliphatic carbocycles. The highest BCUT2D eigenvalue weighted by atomic mass is 32.2. The average Bonchev–Trinajstić information content (AvgIpc) is 3.46. The van der Waals surface area contributed by atoms with E-state index in [1.807, 2.05) is 31.2 Å². The lowest BCUT2D eigenvalue weighted by Crippen LogP contribution is -2.31. The first-order valence-corrected chi connectivity index (χ1v) is 10.3. The zero-order chi connectivity index (χ0) is 19.8. The molecule has 6 nitrogen and oxygen atoms in total. The molecule has 2 aromatic carbocycles. The summed E-state index contributed by atoms with van der Waals surface area (Å²) in [6, 6.07) is 14.0. The highest BCUT2D eigenvalue weighted by molar-refractivity contribution is 7.89. The van der Waals surface area contributed by atoms with E-state index in [9.17, 15) is 13.2 Å². The summed E-state index contributed by atoms with van der Waals surface area (Å²) < 4.78 is 28.3. The van der Waals surface area contributed by atoms with Crippen LogP contribution in [0.2, 0.25) is 0 Å². The molecule has 0 heterocycles. The van der Waals surface area contributed by atoms with Gasteiger partial charge in [-0.05, 0) is 54.7 Å². The predicted molar refractivity (Wildman–Crippen MR) is 103 cm³/mol. The molecule has 0 aliphatic heterocycles. The summed E-state index contributed by atoms with van der Waals surface area (Å²) in [4.78, 5) is 14.6. The number of benzene rings is 2. The number of amides is 1. The SMILES string of the molecule is COc1ccc(C2CC2C(=O)N(C)C(C)c2cccc(S(N)(=O)=O)c2)cc1. The van der Waals surface area contributed by atoms with Crippen molar-refractivity contribution in [2.75, 3.05) is 14.2 Å². The standard InChI is InChI=1S/C20H24N2O4S/c1-13(15-5-4-6-17(11-15)27(21,24)25)22(2)20(23)19-12-18(19)14-7-9-16(26-3)10-8-14/h4-11,13,18-19H,12H2,1-3H3,(H2,21,24,25). The first kappa shape index (κ1) is 19.4. The normalized spacial score (nSPS) is 20.0. The number of hydrogen-bond donors (Lipinski definition) is 1. The van der Waals surface area contributed by atoms with E-state index in [4.69, 9.17) is 9.88 Å². The second kappa shape index (κ2) is 7.32. The first-order valence-electron chi connectivity index (χ1n) is 8.75. The molecule has 0 spiro atoms. The van der Waals surface area contributed by atoms with E-state index in [1.165, 1.54) is 12.1 Å². The molecule has 3 rings (SSSR count). The number of rotatable bonds is 6. The van der Waals surface area contributed by atoms with Crippen molar-refractivity contribution < 1.29 is 17.9 Å². The Labute approximate surface area is 160 Å². The number of hydrogen-bond acceptors (Lipinski definition) is 4. The zero-order valence-corrected chi connectivity index (χ0v) is 16.4. The Morgan fingerprint density at radius 1 is 1.22 bits per heavy atom. The van der Waals surface area contributed by atoms with Gasteiger partial charge in [0.2, 0.25) is 15.9 Å². The van der Waals surface area contributed by atoms with Crippen molar-refractivity contribution in [2.24, 2.45) is 11.1 Å². The second-order valence-corrected chi connectivity index (χ2v) is 8.53. The van der Waals surface area contributed by atoms with Crippen LogP contribution in [0.3, 0.4) is 0 Å². The molecule has 0 radical (unpaired) electrons. The largest absolute Gasteiger partial charge is 0.497 e. The number of nitrogens with two attached hydrogens (primary N) is 1. The zero-order valence-electron chi connectivity index (χ0n) is 15.6. The van der Waals surface area contributed by atoms with Gasteiger partial charge in [0.1, 0.15) is 5.75 Å². The topological polar surface area (TPSA) is 89.7 Å². The van der Waals surface area contributed by atoms with Crippen molar-refractivity contribution in [1.82, 2.24) is 4.90 Å². The van der Waals surface area contributed by atoms with E-state index in [0.29, 0.717) is 0 Å². The number of carbonyl (C=O) groups is 1. The maximum Gasteiger partial charge on any atom is 0.238 e. The number of nitrogens with zero attached hydrogens (tertiary/aromatic N) is 1. The highest BCUT2D eigenvalue weighted by Crippen LogP contribution is 2.49. The maximum absolute atomic E-state index is 12.9. The summed E-state index contributed by atoms with van der Waals surface area (Å²) >= 11 is 0. The van der Waals surface area contributed by atoms with Crippen LogP contribution in [0.25, 0.3) is 0 Å². The quantitative estimate of drug-likeness (QED) is 0.824. The molecule has 2 N–H and O–H groups in total. The third kappa shape index (κ3) is 4.14. The first-order chi connectivity index (χ1) is 12.7. The van der Waals surface area contributed by atoms with Gasteiger partial charge in [-0.2, -0.15) is 0 Å². The fraction of sp³-hybridized carbons (Fsp3) is 0.350. The van der Waals surface area contributed by atoms with Gasteiger partial charge in [0.05, 0.1) is 18.0 Å². The summed E-state index contributed by atoms with van der Waals surface area (Å²) in [6.45, 7) is 1.88. The summed E-state index contributed by atoms with van der Waals surface area (Å²) in [7, 11) is -0.398. The Kier molecular flexibility index (Phi) is 5.26. The smallest absolute Gasteiger partial charge is 0.238 e. The van der Waals surface area contributed by atoms with E-state index >= 15 is 0 Å². The van der Waals surface area contributed by atoms with E-state index in [1.54, 1.807) is 31.2 Å². The third-order valence-electron chi connectivity index (χ3n) is 5.25. The third-order valence-corrected chi connectivity index (χ3v) is 6.16. The molecule has 0 bridgehead atoms. The molecule has 1 fully saturated rings. The van der Waals surface area contributed by atoms with Gasteiger partial charge in [-0.3, -0.25) is 4.79 Å². The lowest BCUT2D eigenvalue weighted by Gasteiger charge is -2.26. The number of methoxy groups -OCH3 is 1. The summed E-state index contributed by atoms with van der Waals surface area (Å²) in [6.07, 6.45) is 0.819. The van der Waals surface area contributed by atoms with Crippen LogP contribution < -0.4 is 9.88 Å². The minimum absolute atomic E-state index is 0.0488. The van der Waals surface area contributed by atoms with Crippen molar-refractivity contribution in [3.63, 3.8) is 0 Å². The van der Waals surface area contributed by atoms with Crippen molar-refractivity contribution in [1.29, 1.82) is 0 Å². The van der Waals surface area contributed by atoms with Gasteiger partial charge in [0.25, 0.3) is 0 Å². The van der Waals surface area contributed by atoms with Crippen molar-refractivity contribution >= 4 is 15.9 Å². The van der Waals surface area contributed by atoms with Crippen LogP contribution in [-0.2, 0) is 14.8 Å². The van der Waals surface area contributed by atoms with Crippen LogP contribution in [0.15, 0.2) is 53.4 Å². The summed E-state index contributed by atoms with van der Waals surface area (Å²) in [5.41, 5.74) is 1.87. The van der Waals surface area contributed by atoms with Gasteiger partial charge in [0, 0.05) is 13.0 Å². The fourth-order valence-corrected chi connectivity index (χ4v) is 3.88. The molecular formula is C20H24N2O4S. The second-order valence-electron chi connectivity index (χ2n) is 6.96. The Bertz CT molecular complexity index is 941.